The minimum absolute atomic E-state index is 0.158. The van der Waals surface area contributed by atoms with Gasteiger partial charge in [-0.05, 0) is 41.8 Å². The second kappa shape index (κ2) is 9.69. The normalized spacial score (nSPS) is 12.1. The lowest BCUT2D eigenvalue weighted by Gasteiger charge is -2.27. The van der Waals surface area contributed by atoms with Crippen LogP contribution in [-0.4, -0.2) is 28.8 Å². The summed E-state index contributed by atoms with van der Waals surface area (Å²) in [5, 5.41) is 18.9. The summed E-state index contributed by atoms with van der Waals surface area (Å²) < 4.78 is 5.61. The number of hydrogen-bond donors (Lipinski definition) is 2. The molecule has 25 heavy (non-hydrogen) atoms. The predicted molar refractivity (Wildman–Crippen MR) is 105 cm³/mol. The van der Waals surface area contributed by atoms with Crippen molar-refractivity contribution in [2.24, 2.45) is 0 Å². The molecular weight excluding hydrogens is 336 g/mol. The van der Waals surface area contributed by atoms with Crippen LogP contribution in [0, 0.1) is 6.92 Å². The van der Waals surface area contributed by atoms with Crippen molar-refractivity contribution >= 4 is 11.6 Å². The Kier molecular flexibility index (Phi) is 8.27. The van der Waals surface area contributed by atoms with Gasteiger partial charge in [0.05, 0.1) is 5.88 Å². The largest absolute Gasteiger partial charge is 0.508 e. The first-order valence-electron chi connectivity index (χ1n) is 8.62. The molecule has 0 aliphatic carbocycles. The Labute approximate surface area is 156 Å². The van der Waals surface area contributed by atoms with E-state index in [1.807, 2.05) is 45.0 Å². The van der Waals surface area contributed by atoms with Crippen molar-refractivity contribution in [3.8, 4) is 11.5 Å². The van der Waals surface area contributed by atoms with E-state index in [0.717, 1.165) is 22.4 Å². The van der Waals surface area contributed by atoms with Gasteiger partial charge in [0.15, 0.2) is 0 Å². The molecule has 1 unspecified atom stereocenters. The molecule has 2 N–H and O–H groups in total. The smallest absolute Gasteiger partial charge is 0.122 e. The van der Waals surface area contributed by atoms with Crippen molar-refractivity contribution in [3.05, 3.63) is 59.2 Å². The topological polar surface area (TPSA) is 49.7 Å². The average Bonchev–Trinajstić information content (AvgIpc) is 2.62. The van der Waals surface area contributed by atoms with Crippen LogP contribution < -0.4 is 4.74 Å². The van der Waals surface area contributed by atoms with E-state index >= 15 is 0 Å². The summed E-state index contributed by atoms with van der Waals surface area (Å²) in [6.45, 7) is 10.5. The summed E-state index contributed by atoms with van der Waals surface area (Å²) >= 11 is 5.57. The van der Waals surface area contributed by atoms with Crippen LogP contribution in [0.4, 0.5) is 0 Å². The quantitative estimate of drug-likeness (QED) is 0.706. The first kappa shape index (κ1) is 21.3. The Bertz CT molecular complexity index is 651. The zero-order chi connectivity index (χ0) is 19.0. The number of aliphatic hydroxyl groups excluding tert-OH is 1. The lowest BCUT2D eigenvalue weighted by atomic mass is 9.77. The maximum atomic E-state index is 9.49. The highest BCUT2D eigenvalue weighted by molar-refractivity contribution is 6.18. The summed E-state index contributed by atoms with van der Waals surface area (Å²) in [7, 11) is 0. The lowest BCUT2D eigenvalue weighted by molar-refractivity contribution is 0.125. The molecule has 3 nitrogen and oxygen atoms in total. The number of rotatable bonds is 6. The molecule has 0 aliphatic heterocycles. The number of phenols is 1. The van der Waals surface area contributed by atoms with Crippen LogP contribution in [0.25, 0.3) is 0 Å². The third kappa shape index (κ3) is 5.65. The Morgan fingerprint density at radius 2 is 1.60 bits per heavy atom. The van der Waals surface area contributed by atoms with Gasteiger partial charge in [-0.15, -0.1) is 11.6 Å². The molecule has 2 aromatic rings. The number of halogens is 1. The standard InChI is InChI=1S/C19H23ClO3.C2H6/c1-13-10-15(6-9-18(13)23-12-17(22)11-20)19(2,3)14-4-7-16(21)8-5-14;1-2/h4-10,17,21-22H,11-12H2,1-3H3;1-2H3. The molecule has 4 heteroatoms. The highest BCUT2D eigenvalue weighted by Crippen LogP contribution is 2.34. The third-order valence-corrected chi connectivity index (χ3v) is 4.45. The van der Waals surface area contributed by atoms with Crippen molar-refractivity contribution in [3.63, 3.8) is 0 Å². The number of aryl methyl sites for hydroxylation is 1. The van der Waals surface area contributed by atoms with Crippen LogP contribution in [0.15, 0.2) is 42.5 Å². The van der Waals surface area contributed by atoms with Gasteiger partial charge in [0.2, 0.25) is 0 Å². The van der Waals surface area contributed by atoms with Crippen molar-refractivity contribution in [2.75, 3.05) is 12.5 Å². The molecular formula is C21H29ClO3. The maximum absolute atomic E-state index is 9.49. The van der Waals surface area contributed by atoms with Crippen LogP contribution in [0.1, 0.15) is 44.4 Å². The van der Waals surface area contributed by atoms with E-state index < -0.39 is 6.10 Å². The fourth-order valence-electron chi connectivity index (χ4n) is 2.48. The first-order valence-corrected chi connectivity index (χ1v) is 9.15. The molecule has 2 rings (SSSR count). The van der Waals surface area contributed by atoms with Crippen molar-refractivity contribution < 1.29 is 14.9 Å². The highest BCUT2D eigenvalue weighted by atomic mass is 35.5. The van der Waals surface area contributed by atoms with Crippen LogP contribution in [0.2, 0.25) is 0 Å². The SMILES string of the molecule is CC.Cc1cc(C(C)(C)c2ccc(O)cc2)ccc1OCC(O)CCl. The number of ether oxygens (including phenoxy) is 1. The Balaban J connectivity index is 0.00000151. The van der Waals surface area contributed by atoms with E-state index in [0.29, 0.717) is 0 Å². The number of aliphatic hydroxyl groups is 1. The van der Waals surface area contributed by atoms with Crippen LogP contribution in [0.3, 0.4) is 0 Å². The predicted octanol–water partition coefficient (Wildman–Crippen LogP) is 5.03. The van der Waals surface area contributed by atoms with Gasteiger partial charge in [0.25, 0.3) is 0 Å². The number of benzene rings is 2. The van der Waals surface area contributed by atoms with Gasteiger partial charge in [-0.3, -0.25) is 0 Å². The van der Waals surface area contributed by atoms with E-state index in [1.165, 1.54) is 0 Å². The molecule has 1 atom stereocenters. The minimum atomic E-state index is -0.663. The molecule has 0 amide bonds. The zero-order valence-corrected chi connectivity index (χ0v) is 16.5. The zero-order valence-electron chi connectivity index (χ0n) is 15.7. The van der Waals surface area contributed by atoms with Gasteiger partial charge in [-0.1, -0.05) is 52.0 Å². The molecule has 2 aromatic carbocycles. The van der Waals surface area contributed by atoms with Crippen LogP contribution >= 0.6 is 11.6 Å². The summed E-state index contributed by atoms with van der Waals surface area (Å²) in [5.41, 5.74) is 3.11. The van der Waals surface area contributed by atoms with Crippen LogP contribution in [0.5, 0.6) is 11.5 Å². The van der Waals surface area contributed by atoms with Gasteiger partial charge in [0, 0.05) is 5.41 Å². The monoisotopic (exact) mass is 364 g/mol. The molecule has 0 radical (unpaired) electrons. The Morgan fingerprint density at radius 1 is 1.04 bits per heavy atom. The van der Waals surface area contributed by atoms with Gasteiger partial charge < -0.3 is 14.9 Å². The molecule has 0 saturated heterocycles. The van der Waals surface area contributed by atoms with E-state index in [9.17, 15) is 10.2 Å². The third-order valence-electron chi connectivity index (χ3n) is 4.09. The number of alkyl halides is 1. The van der Waals surface area contributed by atoms with E-state index in [-0.39, 0.29) is 23.7 Å². The number of aromatic hydroxyl groups is 1. The number of phenolic OH excluding ortho intramolecular Hbond substituents is 1. The molecule has 0 aliphatic rings. The summed E-state index contributed by atoms with van der Waals surface area (Å²) in [4.78, 5) is 0. The first-order chi connectivity index (χ1) is 11.8. The lowest BCUT2D eigenvalue weighted by Crippen LogP contribution is -2.20. The molecule has 0 heterocycles. The minimum Gasteiger partial charge on any atom is -0.508 e. The number of hydrogen-bond acceptors (Lipinski definition) is 3. The molecule has 0 spiro atoms. The maximum Gasteiger partial charge on any atom is 0.122 e. The Hall–Kier alpha value is -1.71. The molecule has 0 bridgehead atoms. The highest BCUT2D eigenvalue weighted by Gasteiger charge is 2.23. The van der Waals surface area contributed by atoms with E-state index in [1.54, 1.807) is 12.1 Å². The molecule has 0 fully saturated rings. The van der Waals surface area contributed by atoms with E-state index in [4.69, 9.17) is 16.3 Å². The molecule has 0 saturated carbocycles. The van der Waals surface area contributed by atoms with Gasteiger partial charge in [-0.2, -0.15) is 0 Å². The fraction of sp³-hybridized carbons (Fsp3) is 0.429. The van der Waals surface area contributed by atoms with Crippen LogP contribution in [-0.2, 0) is 5.41 Å². The van der Waals surface area contributed by atoms with Crippen molar-refractivity contribution in [2.45, 2.75) is 46.1 Å². The molecule has 0 aromatic heterocycles. The second-order valence-electron chi connectivity index (χ2n) is 6.27. The Morgan fingerprint density at radius 3 is 2.12 bits per heavy atom. The summed E-state index contributed by atoms with van der Waals surface area (Å²) in [6.07, 6.45) is -0.663. The van der Waals surface area contributed by atoms with Gasteiger partial charge in [0.1, 0.15) is 24.2 Å². The van der Waals surface area contributed by atoms with Gasteiger partial charge in [-0.25, -0.2) is 0 Å². The van der Waals surface area contributed by atoms with E-state index in [2.05, 4.69) is 19.9 Å². The fourth-order valence-corrected chi connectivity index (χ4v) is 2.56. The van der Waals surface area contributed by atoms with Gasteiger partial charge >= 0.3 is 0 Å². The van der Waals surface area contributed by atoms with Crippen molar-refractivity contribution in [1.82, 2.24) is 0 Å². The molecule has 138 valence electrons. The second-order valence-corrected chi connectivity index (χ2v) is 6.58. The average molecular weight is 365 g/mol. The summed E-state index contributed by atoms with van der Waals surface area (Å²) in [5.74, 6) is 1.17. The summed E-state index contributed by atoms with van der Waals surface area (Å²) in [6, 6.07) is 13.3. The van der Waals surface area contributed by atoms with Crippen molar-refractivity contribution in [1.29, 1.82) is 0 Å².